The third-order valence-electron chi connectivity index (χ3n) is 3.47. The van der Waals surface area contributed by atoms with Crippen LogP contribution in [0.1, 0.15) is 24.2 Å². The summed E-state index contributed by atoms with van der Waals surface area (Å²) < 4.78 is 26.3. The van der Waals surface area contributed by atoms with Crippen LogP contribution in [0.2, 0.25) is 0 Å². The normalized spacial score (nSPS) is 12.0. The molecule has 0 amide bonds. The minimum atomic E-state index is -3.54. The van der Waals surface area contributed by atoms with Gasteiger partial charge in [0.15, 0.2) is 6.29 Å². The molecule has 2 aromatic rings. The predicted molar refractivity (Wildman–Crippen MR) is 81.1 cm³/mol. The van der Waals surface area contributed by atoms with Crippen molar-refractivity contribution in [3.63, 3.8) is 0 Å². The molecule has 5 nitrogen and oxygen atoms in total. The fourth-order valence-corrected chi connectivity index (χ4v) is 3.81. The Kier molecular flexibility index (Phi) is 4.29. The Morgan fingerprint density at radius 3 is 2.38 bits per heavy atom. The maximum absolute atomic E-state index is 12.5. The molecule has 0 unspecified atom stereocenters. The molecule has 0 aliphatic rings. The topological polar surface area (TPSA) is 74.7 Å². The van der Waals surface area contributed by atoms with Crippen LogP contribution in [-0.4, -0.2) is 37.2 Å². The summed E-state index contributed by atoms with van der Waals surface area (Å²) in [5, 5.41) is 10.8. The summed E-state index contributed by atoms with van der Waals surface area (Å²) in [5.74, 6) is -0.114. The summed E-state index contributed by atoms with van der Waals surface area (Å²) in [7, 11) is -3.54. The monoisotopic (exact) mass is 307 g/mol. The highest BCUT2D eigenvalue weighted by atomic mass is 32.2. The molecule has 0 aromatic heterocycles. The summed E-state index contributed by atoms with van der Waals surface area (Å²) in [6.45, 7) is 4.35. The van der Waals surface area contributed by atoms with E-state index in [2.05, 4.69) is 0 Å². The zero-order valence-corrected chi connectivity index (χ0v) is 12.7. The van der Waals surface area contributed by atoms with E-state index in [0.717, 1.165) is 0 Å². The number of carbonyl (C=O) groups is 1. The third kappa shape index (κ3) is 2.64. The maximum atomic E-state index is 12.5. The van der Waals surface area contributed by atoms with Crippen molar-refractivity contribution in [1.82, 2.24) is 4.31 Å². The molecule has 21 heavy (non-hydrogen) atoms. The molecule has 0 spiro atoms. The van der Waals surface area contributed by atoms with Crippen molar-refractivity contribution in [2.45, 2.75) is 18.7 Å². The smallest absolute Gasteiger partial charge is 0.243 e. The first-order valence-corrected chi connectivity index (χ1v) is 8.10. The van der Waals surface area contributed by atoms with Gasteiger partial charge in [-0.25, -0.2) is 8.42 Å². The Morgan fingerprint density at radius 1 is 1.14 bits per heavy atom. The zero-order valence-electron chi connectivity index (χ0n) is 11.9. The lowest BCUT2D eigenvalue weighted by Crippen LogP contribution is -2.30. The van der Waals surface area contributed by atoms with Gasteiger partial charge in [-0.05, 0) is 29.0 Å². The van der Waals surface area contributed by atoms with E-state index in [0.29, 0.717) is 30.1 Å². The van der Waals surface area contributed by atoms with Crippen LogP contribution in [-0.2, 0) is 10.0 Å². The number of aromatic hydroxyl groups is 1. The van der Waals surface area contributed by atoms with E-state index in [9.17, 15) is 18.3 Å². The summed E-state index contributed by atoms with van der Waals surface area (Å²) in [5.41, 5.74) is 0.166. The molecule has 0 aliphatic carbocycles. The zero-order chi connectivity index (χ0) is 15.6. The van der Waals surface area contributed by atoms with E-state index in [1.807, 2.05) is 0 Å². The van der Waals surface area contributed by atoms with Crippen LogP contribution in [0, 0.1) is 0 Å². The molecule has 0 radical (unpaired) electrons. The first-order chi connectivity index (χ1) is 9.95. The van der Waals surface area contributed by atoms with Crippen LogP contribution in [0.25, 0.3) is 10.8 Å². The van der Waals surface area contributed by atoms with Gasteiger partial charge in [-0.2, -0.15) is 4.31 Å². The molecular formula is C15H17NO4S. The molecule has 0 aliphatic heterocycles. The van der Waals surface area contributed by atoms with E-state index < -0.39 is 10.0 Å². The van der Waals surface area contributed by atoms with Crippen LogP contribution in [0.15, 0.2) is 35.2 Å². The fraction of sp³-hybridized carbons (Fsp3) is 0.267. The quantitative estimate of drug-likeness (QED) is 0.861. The van der Waals surface area contributed by atoms with Gasteiger partial charge in [0.1, 0.15) is 5.75 Å². The molecule has 0 fully saturated rings. The van der Waals surface area contributed by atoms with Gasteiger partial charge in [-0.15, -0.1) is 0 Å². The number of fused-ring (bicyclic) bond motifs is 1. The van der Waals surface area contributed by atoms with Crippen molar-refractivity contribution in [1.29, 1.82) is 0 Å². The van der Waals surface area contributed by atoms with E-state index >= 15 is 0 Å². The molecule has 0 saturated carbocycles. The van der Waals surface area contributed by atoms with E-state index in [1.165, 1.54) is 22.5 Å². The molecule has 2 rings (SSSR count). The van der Waals surface area contributed by atoms with Gasteiger partial charge in [0.25, 0.3) is 0 Å². The lowest BCUT2D eigenvalue weighted by atomic mass is 10.0. The molecule has 2 aromatic carbocycles. The predicted octanol–water partition coefficient (Wildman–Crippen LogP) is 2.39. The van der Waals surface area contributed by atoms with Crippen LogP contribution in [0.5, 0.6) is 5.75 Å². The van der Waals surface area contributed by atoms with Crippen LogP contribution in [0.3, 0.4) is 0 Å². The van der Waals surface area contributed by atoms with Crippen molar-refractivity contribution in [3.8, 4) is 5.75 Å². The molecule has 1 N–H and O–H groups in total. The van der Waals surface area contributed by atoms with Gasteiger partial charge < -0.3 is 5.11 Å². The van der Waals surface area contributed by atoms with Crippen LogP contribution < -0.4 is 0 Å². The molecule has 0 atom stereocenters. The average molecular weight is 307 g/mol. The van der Waals surface area contributed by atoms with Crippen molar-refractivity contribution >= 4 is 27.1 Å². The Hall–Kier alpha value is -1.92. The average Bonchev–Trinajstić information content (AvgIpc) is 2.47. The van der Waals surface area contributed by atoms with Crippen molar-refractivity contribution in [2.75, 3.05) is 13.1 Å². The Labute approximate surface area is 123 Å². The number of nitrogens with zero attached hydrogens (tertiary/aromatic N) is 1. The minimum Gasteiger partial charge on any atom is -0.507 e. The number of aldehydes is 1. The Balaban J connectivity index is 2.65. The largest absolute Gasteiger partial charge is 0.507 e. The third-order valence-corrected chi connectivity index (χ3v) is 5.52. The molecule has 0 heterocycles. The molecule has 6 heteroatoms. The van der Waals surface area contributed by atoms with Gasteiger partial charge in [-0.1, -0.05) is 26.0 Å². The minimum absolute atomic E-state index is 0.114. The van der Waals surface area contributed by atoms with Gasteiger partial charge >= 0.3 is 0 Å². The highest BCUT2D eigenvalue weighted by molar-refractivity contribution is 7.89. The number of benzene rings is 2. The number of carbonyl (C=O) groups excluding carboxylic acids is 1. The molecule has 0 bridgehead atoms. The molecule has 112 valence electrons. The maximum Gasteiger partial charge on any atom is 0.243 e. The summed E-state index contributed by atoms with van der Waals surface area (Å²) in [6, 6.07) is 7.52. The number of sulfonamides is 1. The molecule has 0 saturated heterocycles. The van der Waals surface area contributed by atoms with Crippen molar-refractivity contribution in [3.05, 3.63) is 35.9 Å². The fourth-order valence-electron chi connectivity index (χ4n) is 2.32. The Bertz CT molecular complexity index is 780. The number of hydrogen-bond acceptors (Lipinski definition) is 4. The van der Waals surface area contributed by atoms with Gasteiger partial charge in [-0.3, -0.25) is 4.79 Å². The van der Waals surface area contributed by atoms with Gasteiger partial charge in [0.05, 0.1) is 10.5 Å². The second kappa shape index (κ2) is 5.83. The summed E-state index contributed by atoms with van der Waals surface area (Å²) in [4.78, 5) is 11.2. The van der Waals surface area contributed by atoms with Gasteiger partial charge in [0.2, 0.25) is 10.0 Å². The number of phenolic OH excluding ortho intramolecular Hbond substituents is 1. The van der Waals surface area contributed by atoms with E-state index in [4.69, 9.17) is 0 Å². The lowest BCUT2D eigenvalue weighted by molar-refractivity contribution is 0.112. The van der Waals surface area contributed by atoms with E-state index in [1.54, 1.807) is 26.0 Å². The second-order valence-electron chi connectivity index (χ2n) is 4.59. The number of hydrogen-bond donors (Lipinski definition) is 1. The SMILES string of the molecule is CCN(CC)S(=O)(=O)c1ccc2c(C=O)c(O)ccc2c1. The first kappa shape index (κ1) is 15.5. The molecular weight excluding hydrogens is 290 g/mol. The second-order valence-corrected chi connectivity index (χ2v) is 6.53. The van der Waals surface area contributed by atoms with Gasteiger partial charge in [0, 0.05) is 13.1 Å². The van der Waals surface area contributed by atoms with E-state index in [-0.39, 0.29) is 16.2 Å². The lowest BCUT2D eigenvalue weighted by Gasteiger charge is -2.18. The number of phenols is 1. The number of rotatable bonds is 5. The van der Waals surface area contributed by atoms with Crippen molar-refractivity contribution in [2.24, 2.45) is 0 Å². The van der Waals surface area contributed by atoms with Crippen molar-refractivity contribution < 1.29 is 18.3 Å². The highest BCUT2D eigenvalue weighted by Gasteiger charge is 2.22. The first-order valence-electron chi connectivity index (χ1n) is 6.66. The van der Waals surface area contributed by atoms with Crippen LogP contribution >= 0.6 is 0 Å². The highest BCUT2D eigenvalue weighted by Crippen LogP contribution is 2.28. The summed E-state index contributed by atoms with van der Waals surface area (Å²) >= 11 is 0. The van der Waals surface area contributed by atoms with Crippen LogP contribution in [0.4, 0.5) is 0 Å². The summed E-state index contributed by atoms with van der Waals surface area (Å²) in [6.07, 6.45) is 0.566. The Morgan fingerprint density at radius 2 is 1.81 bits per heavy atom. The standard InChI is InChI=1S/C15H17NO4S/c1-3-16(4-2)21(19,20)12-6-7-13-11(9-12)5-8-15(18)14(13)10-17/h5-10,18H,3-4H2,1-2H3.